The number of hydrogen-bond donors (Lipinski definition) is 1. The monoisotopic (exact) mass is 305 g/mol. The normalized spacial score (nSPS) is 18.7. The molecule has 0 radical (unpaired) electrons. The second-order valence-electron chi connectivity index (χ2n) is 5.59. The summed E-state index contributed by atoms with van der Waals surface area (Å²) in [6, 6.07) is 0. The Morgan fingerprint density at radius 1 is 1.42 bits per heavy atom. The standard InChI is InChI=1S/C12H20ClN3O2S/c1-12(2,9-4-6-14-7-5-9)19(17,18)10-8-16(3)15-11(10)13/h8-9,14H,4-7H2,1-3H3. The Morgan fingerprint density at radius 3 is 2.47 bits per heavy atom. The number of aryl methyl sites for hydroxylation is 1. The molecule has 108 valence electrons. The fourth-order valence-electron chi connectivity index (χ4n) is 2.64. The zero-order valence-electron chi connectivity index (χ0n) is 11.5. The van der Waals surface area contributed by atoms with Crippen molar-refractivity contribution in [3.63, 3.8) is 0 Å². The van der Waals surface area contributed by atoms with E-state index in [1.54, 1.807) is 20.9 Å². The summed E-state index contributed by atoms with van der Waals surface area (Å²) in [5, 5.41) is 7.24. The predicted molar refractivity (Wildman–Crippen MR) is 75.1 cm³/mol. The molecule has 19 heavy (non-hydrogen) atoms. The summed E-state index contributed by atoms with van der Waals surface area (Å²) in [7, 11) is -1.82. The van der Waals surface area contributed by atoms with Gasteiger partial charge < -0.3 is 5.32 Å². The lowest BCUT2D eigenvalue weighted by Gasteiger charge is -2.36. The molecule has 1 aliphatic rings. The van der Waals surface area contributed by atoms with Crippen molar-refractivity contribution in [1.82, 2.24) is 15.1 Å². The van der Waals surface area contributed by atoms with Crippen LogP contribution in [-0.2, 0) is 16.9 Å². The first-order chi connectivity index (χ1) is 8.76. The molecule has 0 bridgehead atoms. The van der Waals surface area contributed by atoms with E-state index in [1.165, 1.54) is 10.9 Å². The Hall–Kier alpha value is -0.590. The van der Waals surface area contributed by atoms with Gasteiger partial charge in [-0.15, -0.1) is 0 Å². The first-order valence-corrected chi connectivity index (χ1v) is 8.27. The maximum absolute atomic E-state index is 12.8. The quantitative estimate of drug-likeness (QED) is 0.922. The van der Waals surface area contributed by atoms with Crippen LogP contribution < -0.4 is 5.32 Å². The molecular formula is C12H20ClN3O2S. The van der Waals surface area contributed by atoms with Gasteiger partial charge in [0.05, 0.1) is 4.75 Å². The summed E-state index contributed by atoms with van der Waals surface area (Å²) >= 11 is 5.95. The second kappa shape index (κ2) is 5.07. The Kier molecular flexibility index (Phi) is 3.95. The van der Waals surface area contributed by atoms with Crippen LogP contribution in [0.5, 0.6) is 0 Å². The Bertz CT molecular complexity index is 560. The Morgan fingerprint density at radius 2 is 2.00 bits per heavy atom. The lowest BCUT2D eigenvalue weighted by atomic mass is 9.86. The van der Waals surface area contributed by atoms with Gasteiger partial charge in [0, 0.05) is 13.2 Å². The van der Waals surface area contributed by atoms with Gasteiger partial charge in [-0.3, -0.25) is 4.68 Å². The van der Waals surface area contributed by atoms with E-state index >= 15 is 0 Å². The average molecular weight is 306 g/mol. The smallest absolute Gasteiger partial charge is 0.188 e. The molecule has 1 aromatic heterocycles. The van der Waals surface area contributed by atoms with Crippen LogP contribution in [0.25, 0.3) is 0 Å². The van der Waals surface area contributed by atoms with Gasteiger partial charge in [-0.05, 0) is 45.7 Å². The molecule has 2 rings (SSSR count). The third-order valence-corrected chi connectivity index (χ3v) is 7.04. The Balaban J connectivity index is 2.40. The van der Waals surface area contributed by atoms with Crippen LogP contribution in [0.2, 0.25) is 5.15 Å². The van der Waals surface area contributed by atoms with Crippen molar-refractivity contribution < 1.29 is 8.42 Å². The van der Waals surface area contributed by atoms with Gasteiger partial charge in [0.1, 0.15) is 4.90 Å². The fourth-order valence-corrected chi connectivity index (χ4v) is 4.91. The van der Waals surface area contributed by atoms with Crippen molar-refractivity contribution in [3.05, 3.63) is 11.3 Å². The first-order valence-electron chi connectivity index (χ1n) is 6.41. The second-order valence-corrected chi connectivity index (χ2v) is 8.45. The largest absolute Gasteiger partial charge is 0.317 e. The molecule has 1 aromatic rings. The highest BCUT2D eigenvalue weighted by atomic mass is 35.5. The van der Waals surface area contributed by atoms with Crippen LogP contribution in [0.3, 0.4) is 0 Å². The van der Waals surface area contributed by atoms with Gasteiger partial charge in [0.15, 0.2) is 15.0 Å². The van der Waals surface area contributed by atoms with Crippen LogP contribution in [0.4, 0.5) is 0 Å². The Labute approximate surface area is 119 Å². The van der Waals surface area contributed by atoms with Gasteiger partial charge >= 0.3 is 0 Å². The zero-order valence-corrected chi connectivity index (χ0v) is 13.1. The summed E-state index contributed by atoms with van der Waals surface area (Å²) in [6.45, 7) is 5.32. The molecule has 2 heterocycles. The number of rotatable bonds is 3. The molecule has 1 fully saturated rings. The number of hydrogen-bond acceptors (Lipinski definition) is 4. The topological polar surface area (TPSA) is 64.0 Å². The predicted octanol–water partition coefficient (Wildman–Crippen LogP) is 1.63. The lowest BCUT2D eigenvalue weighted by molar-refractivity contribution is 0.305. The minimum Gasteiger partial charge on any atom is -0.317 e. The van der Waals surface area contributed by atoms with Gasteiger partial charge in [0.2, 0.25) is 0 Å². The van der Waals surface area contributed by atoms with Gasteiger partial charge in [-0.2, -0.15) is 5.10 Å². The lowest BCUT2D eigenvalue weighted by Crippen LogP contribution is -2.45. The summed E-state index contributed by atoms with van der Waals surface area (Å²) in [5.41, 5.74) is 0. The first kappa shape index (κ1) is 14.8. The van der Waals surface area contributed by atoms with Gasteiger partial charge in [-0.1, -0.05) is 11.6 Å². The fraction of sp³-hybridized carbons (Fsp3) is 0.750. The molecule has 7 heteroatoms. The van der Waals surface area contributed by atoms with E-state index in [0.29, 0.717) is 0 Å². The van der Waals surface area contributed by atoms with Crippen molar-refractivity contribution >= 4 is 21.4 Å². The maximum atomic E-state index is 12.8. The molecule has 1 aliphatic heterocycles. The zero-order chi connectivity index (χ0) is 14.3. The van der Waals surface area contributed by atoms with E-state index < -0.39 is 14.6 Å². The molecule has 0 atom stereocenters. The van der Waals surface area contributed by atoms with Gasteiger partial charge in [0.25, 0.3) is 0 Å². The number of sulfone groups is 1. The summed E-state index contributed by atoms with van der Waals surface area (Å²) in [6.07, 6.45) is 3.22. The summed E-state index contributed by atoms with van der Waals surface area (Å²) in [4.78, 5) is 0.139. The van der Waals surface area contributed by atoms with E-state index in [4.69, 9.17) is 11.6 Å². The SMILES string of the molecule is Cn1cc(S(=O)(=O)C(C)(C)C2CCNCC2)c(Cl)n1. The molecule has 0 saturated carbocycles. The van der Waals surface area contributed by atoms with Crippen molar-refractivity contribution in [3.8, 4) is 0 Å². The average Bonchev–Trinajstić information content (AvgIpc) is 2.70. The van der Waals surface area contributed by atoms with E-state index in [9.17, 15) is 8.42 Å². The molecule has 0 unspecified atom stereocenters. The van der Waals surface area contributed by atoms with E-state index in [2.05, 4.69) is 10.4 Å². The van der Waals surface area contributed by atoms with Crippen molar-refractivity contribution in [2.45, 2.75) is 36.3 Å². The maximum Gasteiger partial charge on any atom is 0.188 e. The van der Waals surface area contributed by atoms with Crippen LogP contribution >= 0.6 is 11.6 Å². The third-order valence-electron chi connectivity index (χ3n) is 4.06. The number of nitrogens with one attached hydrogen (secondary N) is 1. The minimum atomic E-state index is -3.49. The molecule has 5 nitrogen and oxygen atoms in total. The number of halogens is 1. The van der Waals surface area contributed by atoms with E-state index in [0.717, 1.165) is 25.9 Å². The number of piperidine rings is 1. The molecular weight excluding hydrogens is 286 g/mol. The third kappa shape index (κ3) is 2.53. The minimum absolute atomic E-state index is 0.0597. The summed E-state index contributed by atoms with van der Waals surface area (Å²) < 4.78 is 26.3. The highest BCUT2D eigenvalue weighted by Crippen LogP contribution is 2.38. The van der Waals surface area contributed by atoms with Crippen molar-refractivity contribution in [1.29, 1.82) is 0 Å². The molecule has 1 saturated heterocycles. The number of aromatic nitrogens is 2. The highest BCUT2D eigenvalue weighted by molar-refractivity contribution is 7.93. The van der Waals surface area contributed by atoms with E-state index in [-0.39, 0.29) is 16.0 Å². The highest BCUT2D eigenvalue weighted by Gasteiger charge is 2.44. The molecule has 0 amide bonds. The molecule has 0 aromatic carbocycles. The van der Waals surface area contributed by atoms with Crippen LogP contribution in [-0.4, -0.2) is 36.0 Å². The van der Waals surface area contributed by atoms with Gasteiger partial charge in [-0.25, -0.2) is 8.42 Å². The molecule has 0 aliphatic carbocycles. The van der Waals surface area contributed by atoms with Crippen LogP contribution in [0.15, 0.2) is 11.1 Å². The molecule has 0 spiro atoms. The van der Waals surface area contributed by atoms with Crippen LogP contribution in [0.1, 0.15) is 26.7 Å². The number of nitrogens with zero attached hydrogens (tertiary/aromatic N) is 2. The van der Waals surface area contributed by atoms with Crippen LogP contribution in [0, 0.1) is 5.92 Å². The van der Waals surface area contributed by atoms with Crippen molar-refractivity contribution in [2.75, 3.05) is 13.1 Å². The van der Waals surface area contributed by atoms with Crippen molar-refractivity contribution in [2.24, 2.45) is 13.0 Å². The summed E-state index contributed by atoms with van der Waals surface area (Å²) in [5.74, 6) is 0.134. The van der Waals surface area contributed by atoms with E-state index in [1.807, 2.05) is 0 Å². The molecule has 1 N–H and O–H groups in total.